The summed E-state index contributed by atoms with van der Waals surface area (Å²) in [5.41, 5.74) is 3.06. The first-order valence-electron chi connectivity index (χ1n) is 12.8. The highest BCUT2D eigenvalue weighted by Gasteiger charge is 2.42. The van der Waals surface area contributed by atoms with Crippen molar-refractivity contribution in [1.29, 1.82) is 5.26 Å². The molecule has 2 aliphatic heterocycles. The van der Waals surface area contributed by atoms with Gasteiger partial charge in [0.1, 0.15) is 18.1 Å². The summed E-state index contributed by atoms with van der Waals surface area (Å²) in [6.45, 7) is 10.0. The normalized spacial score (nSPS) is 23.4. The number of pyridine rings is 2. The molecular weight excluding hydrogens is 454 g/mol. The van der Waals surface area contributed by atoms with Gasteiger partial charge in [0.05, 0.1) is 35.5 Å². The first-order valence-corrected chi connectivity index (χ1v) is 12.8. The number of ether oxygens (including phenoxy) is 1. The van der Waals surface area contributed by atoms with Crippen molar-refractivity contribution in [2.75, 3.05) is 36.5 Å². The van der Waals surface area contributed by atoms with E-state index in [1.54, 1.807) is 12.3 Å². The number of nitriles is 1. The Balaban J connectivity index is 1.26. The van der Waals surface area contributed by atoms with Gasteiger partial charge in [0, 0.05) is 43.9 Å². The molecule has 2 atom stereocenters. The van der Waals surface area contributed by atoms with Crippen molar-refractivity contribution < 1.29 is 9.53 Å². The highest BCUT2D eigenvalue weighted by atomic mass is 16.5. The van der Waals surface area contributed by atoms with E-state index in [1.165, 1.54) is 0 Å². The molecule has 6 rings (SSSR count). The molecule has 0 radical (unpaired) electrons. The van der Waals surface area contributed by atoms with E-state index in [9.17, 15) is 10.1 Å². The number of nitrogens with one attached hydrogen (secondary N) is 1. The van der Waals surface area contributed by atoms with Crippen LogP contribution >= 0.6 is 0 Å². The molecule has 1 amide bonds. The lowest BCUT2D eigenvalue weighted by Gasteiger charge is -2.43. The summed E-state index contributed by atoms with van der Waals surface area (Å²) in [6.07, 6.45) is 7.58. The number of aromatic nitrogens is 2. The molecule has 9 nitrogen and oxygen atoms in total. The fraction of sp³-hybridized carbons (Fsp3) is 0.519. The van der Waals surface area contributed by atoms with E-state index in [4.69, 9.17) is 16.3 Å². The number of piperazine rings is 1. The number of rotatable bonds is 7. The van der Waals surface area contributed by atoms with Crippen molar-refractivity contribution in [1.82, 2.24) is 14.9 Å². The van der Waals surface area contributed by atoms with Gasteiger partial charge in [0.25, 0.3) is 5.82 Å². The van der Waals surface area contributed by atoms with Crippen molar-refractivity contribution in [2.24, 2.45) is 5.92 Å². The van der Waals surface area contributed by atoms with E-state index >= 15 is 0 Å². The van der Waals surface area contributed by atoms with Gasteiger partial charge in [-0.05, 0) is 50.2 Å². The summed E-state index contributed by atoms with van der Waals surface area (Å²) in [7, 11) is 0. The zero-order valence-electron chi connectivity index (χ0n) is 20.2. The Morgan fingerprint density at radius 2 is 2.08 bits per heavy atom. The number of carbonyl (C=O) groups is 1. The quantitative estimate of drug-likeness (QED) is 0.591. The number of nitrogens with zero attached hydrogens (tertiary/aromatic N) is 6. The van der Waals surface area contributed by atoms with Gasteiger partial charge in [-0.1, -0.05) is 6.57 Å². The molecule has 4 aliphatic rings. The number of hydrogen-bond donors (Lipinski definition) is 1. The third-order valence-corrected chi connectivity index (χ3v) is 7.66. The molecule has 0 unspecified atom stereocenters. The topological polar surface area (TPSA) is 98.7 Å². The lowest BCUT2D eigenvalue weighted by molar-refractivity contribution is -0.142. The highest BCUT2D eigenvalue weighted by molar-refractivity contribution is 5.78. The molecule has 1 N–H and O–H groups in total. The molecule has 2 saturated carbocycles. The van der Waals surface area contributed by atoms with Crippen LogP contribution in [0.15, 0.2) is 24.4 Å². The van der Waals surface area contributed by atoms with Crippen molar-refractivity contribution >= 4 is 28.9 Å². The lowest BCUT2D eigenvalue weighted by Crippen LogP contribution is -2.57. The summed E-state index contributed by atoms with van der Waals surface area (Å²) in [5, 5.41) is 13.4. The van der Waals surface area contributed by atoms with E-state index in [-0.39, 0.29) is 18.1 Å². The zero-order chi connectivity index (χ0) is 24.6. The van der Waals surface area contributed by atoms with Crippen LogP contribution in [0, 0.1) is 23.8 Å². The van der Waals surface area contributed by atoms with Gasteiger partial charge >= 0.3 is 0 Å². The fourth-order valence-electron chi connectivity index (χ4n) is 5.28. The molecular formula is C27H29N7O2. The average Bonchev–Trinajstić information content (AvgIpc) is 3.79. The molecule has 0 spiro atoms. The SMILES string of the molecule is [C-]#[N+]c1cc(Nc2cc(C#N)c(N3CCN(C(=O)C[C@H]4CCO4)[C@H](C4CC4)C3)nc2C2CC2)ccn1. The smallest absolute Gasteiger partial charge is 0.271 e. The zero-order valence-corrected chi connectivity index (χ0v) is 20.2. The van der Waals surface area contributed by atoms with Crippen LogP contribution in [0.4, 0.5) is 23.0 Å². The van der Waals surface area contributed by atoms with E-state index in [0.717, 1.165) is 61.6 Å². The van der Waals surface area contributed by atoms with Crippen molar-refractivity contribution in [3.05, 3.63) is 47.1 Å². The first-order chi connectivity index (χ1) is 17.6. The number of hydrogen-bond acceptors (Lipinski definition) is 7. The first kappa shape index (κ1) is 22.8. The molecule has 184 valence electrons. The third kappa shape index (κ3) is 4.59. The Morgan fingerprint density at radius 1 is 1.25 bits per heavy atom. The molecule has 4 fully saturated rings. The maximum absolute atomic E-state index is 13.1. The molecule has 36 heavy (non-hydrogen) atoms. The molecule has 0 bridgehead atoms. The molecule has 2 aromatic heterocycles. The van der Waals surface area contributed by atoms with Crippen LogP contribution in [0.3, 0.4) is 0 Å². The summed E-state index contributed by atoms with van der Waals surface area (Å²) in [4.78, 5) is 29.9. The molecule has 2 aliphatic carbocycles. The Labute approximate surface area is 210 Å². The van der Waals surface area contributed by atoms with Crippen LogP contribution in [-0.2, 0) is 9.53 Å². The fourth-order valence-corrected chi connectivity index (χ4v) is 5.28. The minimum atomic E-state index is 0.0784. The second-order valence-corrected chi connectivity index (χ2v) is 10.2. The maximum Gasteiger partial charge on any atom is 0.271 e. The van der Waals surface area contributed by atoms with Crippen LogP contribution in [0.5, 0.6) is 0 Å². The standard InChI is InChI=1S/C27H29N7O2/c1-29-24-13-20(6-8-30-24)31-22-12-19(15-28)27(32-26(22)18-4-5-18)33-9-10-34(23(16-33)17-2-3-17)25(35)14-21-7-11-36-21/h6,8,12-13,17-18,21,23H,2-5,7,9-11,14,16H2,(H,30,31)/t21-,23+/m1/s1. The Bertz CT molecular complexity index is 1250. The van der Waals surface area contributed by atoms with Gasteiger partial charge in [-0.2, -0.15) is 5.26 Å². The molecule has 2 saturated heterocycles. The van der Waals surface area contributed by atoms with E-state index in [0.29, 0.717) is 49.3 Å². The Kier molecular flexibility index (Phi) is 5.94. The van der Waals surface area contributed by atoms with Crippen LogP contribution < -0.4 is 10.2 Å². The highest BCUT2D eigenvalue weighted by Crippen LogP contribution is 2.45. The van der Waals surface area contributed by atoms with Gasteiger partial charge in [-0.15, -0.1) is 4.98 Å². The predicted molar refractivity (Wildman–Crippen MR) is 134 cm³/mol. The van der Waals surface area contributed by atoms with Gasteiger partial charge in [-0.25, -0.2) is 4.98 Å². The predicted octanol–water partition coefficient (Wildman–Crippen LogP) is 4.13. The summed E-state index contributed by atoms with van der Waals surface area (Å²) in [6, 6.07) is 7.93. The summed E-state index contributed by atoms with van der Waals surface area (Å²) in [5.74, 6) is 2.13. The number of amides is 1. The monoisotopic (exact) mass is 483 g/mol. The minimum absolute atomic E-state index is 0.0784. The molecule has 0 aromatic carbocycles. The van der Waals surface area contributed by atoms with Crippen molar-refractivity contribution in [3.63, 3.8) is 0 Å². The van der Waals surface area contributed by atoms with Crippen LogP contribution in [0.25, 0.3) is 4.85 Å². The van der Waals surface area contributed by atoms with E-state index < -0.39 is 0 Å². The van der Waals surface area contributed by atoms with Gasteiger partial charge in [0.2, 0.25) is 5.91 Å². The average molecular weight is 484 g/mol. The molecule has 4 heterocycles. The second-order valence-electron chi connectivity index (χ2n) is 10.2. The second kappa shape index (κ2) is 9.40. The lowest BCUT2D eigenvalue weighted by atomic mass is 10.0. The number of carbonyl (C=O) groups excluding carboxylic acids is 1. The van der Waals surface area contributed by atoms with Crippen LogP contribution in [0.1, 0.15) is 55.7 Å². The molecule has 9 heteroatoms. The molecule has 2 aromatic rings. The summed E-state index contributed by atoms with van der Waals surface area (Å²) < 4.78 is 5.50. The Morgan fingerprint density at radius 3 is 2.75 bits per heavy atom. The third-order valence-electron chi connectivity index (χ3n) is 7.66. The van der Waals surface area contributed by atoms with Gasteiger partial charge < -0.3 is 24.7 Å². The van der Waals surface area contributed by atoms with E-state index in [2.05, 4.69) is 31.0 Å². The van der Waals surface area contributed by atoms with E-state index in [1.807, 2.05) is 12.1 Å². The van der Waals surface area contributed by atoms with Gasteiger partial charge in [-0.3, -0.25) is 4.79 Å². The minimum Gasteiger partial charge on any atom is -0.377 e. The maximum atomic E-state index is 13.1. The van der Waals surface area contributed by atoms with Crippen LogP contribution in [-0.4, -0.2) is 59.2 Å². The van der Waals surface area contributed by atoms with Gasteiger partial charge in [0.15, 0.2) is 0 Å². The van der Waals surface area contributed by atoms with Crippen molar-refractivity contribution in [3.8, 4) is 6.07 Å². The summed E-state index contributed by atoms with van der Waals surface area (Å²) >= 11 is 0. The Hall–Kier alpha value is -3.69. The largest absolute Gasteiger partial charge is 0.377 e. The van der Waals surface area contributed by atoms with Crippen molar-refractivity contribution in [2.45, 2.75) is 56.6 Å². The van der Waals surface area contributed by atoms with Crippen LogP contribution in [0.2, 0.25) is 0 Å². The number of anilines is 3.